The standard InChI is InChI=1S/C74H138O6/c1-4-7-10-13-16-19-22-25-28-30-32-34-35-36-37-38-39-40-42-43-46-49-52-55-58-61-64-67-73(76)79-70-71(69-78-72(75)66-63-60-57-54-51-48-45-27-24-21-18-15-12-9-6-3)80-74(77)68-65-62-59-56-53-50-47-44-41-33-31-29-26-23-20-17-14-11-8-5-2/h22,25,30,32,35-36,71H,4-21,23-24,26-29,31,33-34,37-70H2,1-3H3/b25-22-,32-30-,36-35-. The molecule has 0 N–H and O–H groups in total. The zero-order valence-electron chi connectivity index (χ0n) is 54.1. The second-order valence-corrected chi connectivity index (χ2v) is 24.5. The van der Waals surface area contributed by atoms with Crippen molar-refractivity contribution in [2.45, 2.75) is 406 Å². The molecule has 1 unspecified atom stereocenters. The summed E-state index contributed by atoms with van der Waals surface area (Å²) >= 11 is 0. The predicted molar refractivity (Wildman–Crippen MR) is 349 cm³/mol. The Morgan fingerprint density at radius 3 is 0.700 bits per heavy atom. The molecule has 0 amide bonds. The fourth-order valence-corrected chi connectivity index (χ4v) is 11.0. The first-order valence-corrected chi connectivity index (χ1v) is 36.0. The third-order valence-corrected chi connectivity index (χ3v) is 16.4. The Balaban J connectivity index is 4.25. The lowest BCUT2D eigenvalue weighted by molar-refractivity contribution is -0.167. The van der Waals surface area contributed by atoms with Crippen molar-refractivity contribution in [1.29, 1.82) is 0 Å². The Morgan fingerprint density at radius 2 is 0.450 bits per heavy atom. The fourth-order valence-electron chi connectivity index (χ4n) is 11.0. The first kappa shape index (κ1) is 77.6. The van der Waals surface area contributed by atoms with Crippen molar-refractivity contribution in [2.24, 2.45) is 0 Å². The Labute approximate surface area is 499 Å². The predicted octanol–water partition coefficient (Wildman–Crippen LogP) is 24.7. The van der Waals surface area contributed by atoms with Gasteiger partial charge in [0, 0.05) is 19.3 Å². The SMILES string of the molecule is CCCCCCC/C=C\C/C=C\C/C=C\CCCCCCCCCCCCCCC(=O)OCC(COC(=O)CCCCCCCCCCCCCCCCC)OC(=O)CCCCCCCCCCCCCCCCCCCCCC. The first-order valence-electron chi connectivity index (χ1n) is 36.0. The van der Waals surface area contributed by atoms with E-state index in [9.17, 15) is 14.4 Å². The molecule has 0 radical (unpaired) electrons. The van der Waals surface area contributed by atoms with E-state index in [-0.39, 0.29) is 31.1 Å². The number of hydrogen-bond donors (Lipinski definition) is 0. The highest BCUT2D eigenvalue weighted by molar-refractivity contribution is 5.71. The molecule has 0 aromatic carbocycles. The van der Waals surface area contributed by atoms with Gasteiger partial charge in [0.1, 0.15) is 13.2 Å². The first-order chi connectivity index (χ1) is 39.5. The molecular formula is C74H138O6. The largest absolute Gasteiger partial charge is 0.462 e. The average molecular weight is 1120 g/mol. The summed E-state index contributed by atoms with van der Waals surface area (Å²) in [6, 6.07) is 0. The van der Waals surface area contributed by atoms with E-state index >= 15 is 0 Å². The molecule has 0 aliphatic rings. The topological polar surface area (TPSA) is 78.9 Å². The van der Waals surface area contributed by atoms with Crippen molar-refractivity contribution in [3.63, 3.8) is 0 Å². The molecular weight excluding hydrogens is 985 g/mol. The monoisotopic (exact) mass is 1120 g/mol. The lowest BCUT2D eigenvalue weighted by atomic mass is 10.0. The van der Waals surface area contributed by atoms with E-state index in [0.29, 0.717) is 19.3 Å². The van der Waals surface area contributed by atoms with Gasteiger partial charge in [0.25, 0.3) is 0 Å². The number of esters is 3. The molecule has 0 rings (SSSR count). The van der Waals surface area contributed by atoms with E-state index < -0.39 is 6.10 Å². The summed E-state index contributed by atoms with van der Waals surface area (Å²) in [5.74, 6) is -0.835. The van der Waals surface area contributed by atoms with Gasteiger partial charge in [-0.2, -0.15) is 0 Å². The molecule has 0 fully saturated rings. The van der Waals surface area contributed by atoms with Gasteiger partial charge in [0.15, 0.2) is 6.10 Å². The molecule has 0 aromatic heterocycles. The van der Waals surface area contributed by atoms with Crippen LogP contribution in [0.1, 0.15) is 400 Å². The number of hydrogen-bond acceptors (Lipinski definition) is 6. The number of allylic oxidation sites excluding steroid dienone is 6. The lowest BCUT2D eigenvalue weighted by Gasteiger charge is -2.18. The summed E-state index contributed by atoms with van der Waals surface area (Å²) < 4.78 is 17.0. The van der Waals surface area contributed by atoms with Gasteiger partial charge in [0.05, 0.1) is 0 Å². The zero-order chi connectivity index (χ0) is 57.8. The maximum Gasteiger partial charge on any atom is 0.306 e. The van der Waals surface area contributed by atoms with Crippen LogP contribution in [0.3, 0.4) is 0 Å². The highest BCUT2D eigenvalue weighted by Crippen LogP contribution is 2.19. The van der Waals surface area contributed by atoms with E-state index in [2.05, 4.69) is 57.2 Å². The van der Waals surface area contributed by atoms with Crippen molar-refractivity contribution in [3.05, 3.63) is 36.5 Å². The number of rotatable bonds is 67. The number of carbonyl (C=O) groups excluding carboxylic acids is 3. The normalized spacial score (nSPS) is 12.2. The van der Waals surface area contributed by atoms with Crippen LogP contribution in [0.25, 0.3) is 0 Å². The van der Waals surface area contributed by atoms with Crippen molar-refractivity contribution >= 4 is 17.9 Å². The van der Waals surface area contributed by atoms with Crippen LogP contribution in [0.4, 0.5) is 0 Å². The molecule has 6 heteroatoms. The summed E-state index contributed by atoms with van der Waals surface area (Å²) in [5.41, 5.74) is 0. The Bertz CT molecular complexity index is 1340. The van der Waals surface area contributed by atoms with Gasteiger partial charge < -0.3 is 14.2 Å². The summed E-state index contributed by atoms with van der Waals surface area (Å²) in [7, 11) is 0. The van der Waals surface area contributed by atoms with Crippen molar-refractivity contribution in [1.82, 2.24) is 0 Å². The van der Waals surface area contributed by atoms with E-state index in [1.165, 1.54) is 289 Å². The maximum absolute atomic E-state index is 13.0. The Hall–Kier alpha value is -2.37. The molecule has 0 saturated heterocycles. The van der Waals surface area contributed by atoms with E-state index in [1.807, 2.05) is 0 Å². The van der Waals surface area contributed by atoms with Crippen LogP contribution >= 0.6 is 0 Å². The summed E-state index contributed by atoms with van der Waals surface area (Å²) in [6.07, 6.45) is 86.0. The second kappa shape index (κ2) is 69.1. The van der Waals surface area contributed by atoms with Gasteiger partial charge in [-0.25, -0.2) is 0 Å². The minimum Gasteiger partial charge on any atom is -0.462 e. The van der Waals surface area contributed by atoms with E-state index in [4.69, 9.17) is 14.2 Å². The Morgan fingerprint density at radius 1 is 0.250 bits per heavy atom. The minimum absolute atomic E-state index is 0.0657. The fraction of sp³-hybridized carbons (Fsp3) is 0.878. The van der Waals surface area contributed by atoms with Crippen molar-refractivity contribution in [2.75, 3.05) is 13.2 Å². The smallest absolute Gasteiger partial charge is 0.306 e. The number of carbonyl (C=O) groups is 3. The molecule has 0 aliphatic heterocycles. The number of ether oxygens (including phenoxy) is 3. The van der Waals surface area contributed by atoms with Gasteiger partial charge in [-0.05, 0) is 57.8 Å². The molecule has 470 valence electrons. The molecule has 1 atom stereocenters. The quantitative estimate of drug-likeness (QED) is 0.0261. The molecule has 0 heterocycles. The average Bonchev–Trinajstić information content (AvgIpc) is 3.46. The van der Waals surface area contributed by atoms with Crippen LogP contribution in [-0.4, -0.2) is 37.2 Å². The second-order valence-electron chi connectivity index (χ2n) is 24.5. The van der Waals surface area contributed by atoms with Gasteiger partial charge in [0.2, 0.25) is 0 Å². The third-order valence-electron chi connectivity index (χ3n) is 16.4. The van der Waals surface area contributed by atoms with Crippen LogP contribution in [0.15, 0.2) is 36.5 Å². The molecule has 0 bridgehead atoms. The maximum atomic E-state index is 13.0. The van der Waals surface area contributed by atoms with E-state index in [0.717, 1.165) is 70.6 Å². The molecule has 0 saturated carbocycles. The molecule has 6 nitrogen and oxygen atoms in total. The van der Waals surface area contributed by atoms with Crippen molar-refractivity contribution < 1.29 is 28.6 Å². The van der Waals surface area contributed by atoms with Crippen LogP contribution < -0.4 is 0 Å². The minimum atomic E-state index is -0.770. The van der Waals surface area contributed by atoms with Gasteiger partial charge >= 0.3 is 17.9 Å². The van der Waals surface area contributed by atoms with E-state index in [1.54, 1.807) is 0 Å². The molecule has 0 aliphatic carbocycles. The zero-order valence-corrected chi connectivity index (χ0v) is 54.1. The van der Waals surface area contributed by atoms with Crippen LogP contribution in [0.5, 0.6) is 0 Å². The summed E-state index contributed by atoms with van der Waals surface area (Å²) in [5, 5.41) is 0. The summed E-state index contributed by atoms with van der Waals surface area (Å²) in [6.45, 7) is 6.71. The van der Waals surface area contributed by atoms with Crippen molar-refractivity contribution in [3.8, 4) is 0 Å². The highest BCUT2D eigenvalue weighted by atomic mass is 16.6. The van der Waals surface area contributed by atoms with Gasteiger partial charge in [-0.15, -0.1) is 0 Å². The van der Waals surface area contributed by atoms with Gasteiger partial charge in [-0.1, -0.05) is 359 Å². The highest BCUT2D eigenvalue weighted by Gasteiger charge is 2.19. The lowest BCUT2D eigenvalue weighted by Crippen LogP contribution is -2.30. The Kier molecular flexibility index (Phi) is 67.1. The number of unbranched alkanes of at least 4 members (excludes halogenated alkanes) is 50. The molecule has 80 heavy (non-hydrogen) atoms. The third kappa shape index (κ3) is 66.4. The van der Waals surface area contributed by atoms with Crippen LogP contribution in [-0.2, 0) is 28.6 Å². The molecule has 0 spiro atoms. The van der Waals surface area contributed by atoms with Crippen LogP contribution in [0, 0.1) is 0 Å². The molecule has 0 aromatic rings. The van der Waals surface area contributed by atoms with Gasteiger partial charge in [-0.3, -0.25) is 14.4 Å². The van der Waals surface area contributed by atoms with Crippen LogP contribution in [0.2, 0.25) is 0 Å². The summed E-state index contributed by atoms with van der Waals surface area (Å²) in [4.78, 5) is 38.5.